The van der Waals surface area contributed by atoms with Gasteiger partial charge in [0, 0.05) is 17.7 Å². The van der Waals surface area contributed by atoms with E-state index in [-0.39, 0.29) is 41.1 Å². The van der Waals surface area contributed by atoms with Crippen LogP contribution in [0, 0.1) is 10.1 Å². The van der Waals surface area contributed by atoms with Crippen molar-refractivity contribution in [3.8, 4) is 11.5 Å². The number of carbonyl (C=O) groups is 2. The quantitative estimate of drug-likeness (QED) is 0.227. The number of ether oxygens (including phenoxy) is 2. The maximum absolute atomic E-state index is 12.4. The molecule has 0 radical (unpaired) electrons. The molecule has 3 rings (SSSR count). The number of aliphatic carboxylic acids is 1. The maximum Gasteiger partial charge on any atom is 0.352 e. The topological polar surface area (TPSA) is 128 Å². The van der Waals surface area contributed by atoms with Crippen molar-refractivity contribution in [2.24, 2.45) is 0 Å². The molecule has 0 heterocycles. The van der Waals surface area contributed by atoms with Crippen molar-refractivity contribution >= 4 is 35.2 Å². The summed E-state index contributed by atoms with van der Waals surface area (Å²) >= 11 is 6.41. The molecular formula is C25H21ClN2O7. The van der Waals surface area contributed by atoms with Crippen LogP contribution in [0.2, 0.25) is 5.02 Å². The van der Waals surface area contributed by atoms with E-state index in [0.717, 1.165) is 0 Å². The van der Waals surface area contributed by atoms with Crippen molar-refractivity contribution in [1.29, 1.82) is 0 Å². The average Bonchev–Trinajstić information content (AvgIpc) is 2.84. The van der Waals surface area contributed by atoms with Crippen LogP contribution in [0.5, 0.6) is 11.5 Å². The third-order valence-electron chi connectivity index (χ3n) is 4.66. The molecule has 180 valence electrons. The van der Waals surface area contributed by atoms with Gasteiger partial charge >= 0.3 is 5.97 Å². The van der Waals surface area contributed by atoms with Gasteiger partial charge in [0.15, 0.2) is 11.5 Å². The van der Waals surface area contributed by atoms with E-state index in [1.165, 1.54) is 30.3 Å². The molecule has 0 aromatic heterocycles. The van der Waals surface area contributed by atoms with Gasteiger partial charge in [-0.2, -0.15) is 0 Å². The fourth-order valence-corrected chi connectivity index (χ4v) is 3.37. The number of hydrogen-bond donors (Lipinski definition) is 2. The Bertz CT molecular complexity index is 1280. The molecule has 10 heteroatoms. The minimum Gasteiger partial charge on any atom is -0.490 e. The number of hydrogen-bond acceptors (Lipinski definition) is 6. The second kappa shape index (κ2) is 11.7. The first-order valence-corrected chi connectivity index (χ1v) is 10.8. The maximum atomic E-state index is 12.4. The van der Waals surface area contributed by atoms with Crippen LogP contribution in [0.3, 0.4) is 0 Å². The van der Waals surface area contributed by atoms with Crippen LogP contribution < -0.4 is 14.8 Å². The van der Waals surface area contributed by atoms with Gasteiger partial charge in [0.05, 0.1) is 16.6 Å². The van der Waals surface area contributed by atoms with Gasteiger partial charge in [-0.1, -0.05) is 41.9 Å². The van der Waals surface area contributed by atoms with E-state index in [9.17, 15) is 24.8 Å². The number of carboxylic acid groups (broad SMARTS) is 1. The third kappa shape index (κ3) is 6.81. The van der Waals surface area contributed by atoms with Gasteiger partial charge in [0.25, 0.3) is 11.6 Å². The molecule has 0 fully saturated rings. The van der Waals surface area contributed by atoms with Gasteiger partial charge in [-0.05, 0) is 48.4 Å². The van der Waals surface area contributed by atoms with Crippen LogP contribution in [0.1, 0.15) is 28.4 Å². The predicted molar refractivity (Wildman–Crippen MR) is 130 cm³/mol. The Balaban J connectivity index is 1.87. The van der Waals surface area contributed by atoms with Crippen LogP contribution in [-0.4, -0.2) is 28.5 Å². The fraction of sp³-hybridized carbons (Fsp3) is 0.120. The highest BCUT2D eigenvalue weighted by molar-refractivity contribution is 6.32. The van der Waals surface area contributed by atoms with E-state index in [0.29, 0.717) is 16.7 Å². The minimum absolute atomic E-state index is 0.00975. The number of benzene rings is 3. The van der Waals surface area contributed by atoms with E-state index in [4.69, 9.17) is 21.1 Å². The summed E-state index contributed by atoms with van der Waals surface area (Å²) in [6.07, 6.45) is 1.25. The van der Waals surface area contributed by atoms with Gasteiger partial charge in [-0.15, -0.1) is 0 Å². The lowest BCUT2D eigenvalue weighted by atomic mass is 10.1. The number of carbonyl (C=O) groups excluding carboxylic acids is 1. The summed E-state index contributed by atoms with van der Waals surface area (Å²) in [4.78, 5) is 34.6. The molecule has 0 saturated heterocycles. The second-order valence-electron chi connectivity index (χ2n) is 7.16. The Kier molecular flexibility index (Phi) is 8.42. The first-order chi connectivity index (χ1) is 16.8. The summed E-state index contributed by atoms with van der Waals surface area (Å²) < 4.78 is 11.4. The van der Waals surface area contributed by atoms with Crippen LogP contribution in [0.4, 0.5) is 5.69 Å². The SMILES string of the molecule is CCOc1cc(C=C(NC(=O)c2ccccc2)C(=O)O)cc(Cl)c1OCc1cccc([N+](=O)[O-])c1. The number of amides is 1. The van der Waals surface area contributed by atoms with Crippen molar-refractivity contribution in [3.63, 3.8) is 0 Å². The fourth-order valence-electron chi connectivity index (χ4n) is 3.09. The summed E-state index contributed by atoms with van der Waals surface area (Å²) in [6.45, 7) is 2.01. The smallest absolute Gasteiger partial charge is 0.352 e. The molecule has 2 N–H and O–H groups in total. The van der Waals surface area contributed by atoms with Gasteiger partial charge in [-0.3, -0.25) is 14.9 Å². The highest BCUT2D eigenvalue weighted by Crippen LogP contribution is 2.38. The van der Waals surface area contributed by atoms with Crippen molar-refractivity contribution in [2.45, 2.75) is 13.5 Å². The lowest BCUT2D eigenvalue weighted by molar-refractivity contribution is -0.384. The molecule has 0 saturated carbocycles. The predicted octanol–water partition coefficient (Wildman–Crippen LogP) is 5.08. The standard InChI is InChI=1S/C25H21ClN2O7/c1-2-34-22-14-17(13-21(25(30)31)27-24(29)18-8-4-3-5-9-18)12-20(26)23(22)35-15-16-7-6-10-19(11-16)28(32)33/h3-14H,2,15H2,1H3,(H,27,29)(H,30,31). The molecule has 0 atom stereocenters. The molecule has 0 bridgehead atoms. The molecule has 0 unspecified atom stereocenters. The van der Waals surface area contributed by atoms with E-state index in [1.807, 2.05) is 0 Å². The average molecular weight is 497 g/mol. The zero-order valence-electron chi connectivity index (χ0n) is 18.6. The summed E-state index contributed by atoms with van der Waals surface area (Å²) in [6, 6.07) is 17.2. The number of halogens is 1. The number of rotatable bonds is 10. The lowest BCUT2D eigenvalue weighted by Gasteiger charge is -2.15. The highest BCUT2D eigenvalue weighted by atomic mass is 35.5. The van der Waals surface area contributed by atoms with Crippen molar-refractivity contribution < 1.29 is 29.1 Å². The lowest BCUT2D eigenvalue weighted by Crippen LogP contribution is -2.27. The Hall–Kier alpha value is -4.37. The van der Waals surface area contributed by atoms with Crippen molar-refractivity contribution in [2.75, 3.05) is 6.61 Å². The van der Waals surface area contributed by atoms with Gasteiger partial charge in [0.1, 0.15) is 12.3 Å². The van der Waals surface area contributed by atoms with Gasteiger partial charge in [-0.25, -0.2) is 4.79 Å². The van der Waals surface area contributed by atoms with Gasteiger partial charge in [0.2, 0.25) is 0 Å². The number of nitro benzene ring substituents is 1. The number of non-ortho nitro benzene ring substituents is 1. The summed E-state index contributed by atoms with van der Waals surface area (Å²) in [7, 11) is 0. The molecule has 3 aromatic carbocycles. The molecule has 0 aliphatic heterocycles. The summed E-state index contributed by atoms with van der Waals surface area (Å²) in [5, 5.41) is 23.1. The van der Waals surface area contributed by atoms with Crippen molar-refractivity contribution in [3.05, 3.63) is 104 Å². The zero-order chi connectivity index (χ0) is 25.4. The third-order valence-corrected chi connectivity index (χ3v) is 4.94. The Morgan fingerprint density at radius 2 is 1.83 bits per heavy atom. The monoisotopic (exact) mass is 496 g/mol. The number of nitro groups is 1. The molecule has 9 nitrogen and oxygen atoms in total. The zero-order valence-corrected chi connectivity index (χ0v) is 19.3. The molecule has 3 aromatic rings. The first-order valence-electron chi connectivity index (χ1n) is 10.4. The normalized spacial score (nSPS) is 11.0. The van der Waals surface area contributed by atoms with Crippen LogP contribution in [-0.2, 0) is 11.4 Å². The van der Waals surface area contributed by atoms with E-state index in [1.54, 1.807) is 49.4 Å². The van der Waals surface area contributed by atoms with Crippen molar-refractivity contribution in [1.82, 2.24) is 5.32 Å². The van der Waals surface area contributed by atoms with E-state index in [2.05, 4.69) is 5.32 Å². The van der Waals surface area contributed by atoms with E-state index < -0.39 is 16.8 Å². The summed E-state index contributed by atoms with van der Waals surface area (Å²) in [5.74, 6) is -1.47. The number of carboxylic acids is 1. The molecule has 1 amide bonds. The minimum atomic E-state index is -1.34. The molecule has 0 spiro atoms. The highest BCUT2D eigenvalue weighted by Gasteiger charge is 2.17. The summed E-state index contributed by atoms with van der Waals surface area (Å²) in [5.41, 5.74) is 0.784. The van der Waals surface area contributed by atoms with Crippen LogP contribution in [0.15, 0.2) is 72.4 Å². The second-order valence-corrected chi connectivity index (χ2v) is 7.57. The van der Waals surface area contributed by atoms with Crippen LogP contribution >= 0.6 is 11.6 Å². The van der Waals surface area contributed by atoms with E-state index >= 15 is 0 Å². The molecular weight excluding hydrogens is 476 g/mol. The largest absolute Gasteiger partial charge is 0.490 e. The van der Waals surface area contributed by atoms with Crippen LogP contribution in [0.25, 0.3) is 6.08 Å². The Morgan fingerprint density at radius 3 is 2.49 bits per heavy atom. The van der Waals surface area contributed by atoms with Gasteiger partial charge < -0.3 is 19.9 Å². The molecule has 0 aliphatic carbocycles. The Morgan fingerprint density at radius 1 is 1.09 bits per heavy atom. The first kappa shape index (κ1) is 25.3. The number of nitrogens with zero attached hydrogens (tertiary/aromatic N) is 1. The number of nitrogens with one attached hydrogen (secondary N) is 1. The Labute approximate surface area is 205 Å². The molecule has 35 heavy (non-hydrogen) atoms. The molecule has 0 aliphatic rings.